The van der Waals surface area contributed by atoms with Crippen LogP contribution in [0.4, 0.5) is 0 Å². The van der Waals surface area contributed by atoms with Gasteiger partial charge in [-0.3, -0.25) is 14.5 Å². The number of methoxy groups -OCH3 is 1. The molecule has 2 aromatic carbocycles. The smallest absolute Gasteiger partial charge is 0.295 e. The molecule has 2 fully saturated rings. The Hall–Kier alpha value is -3.56. The summed E-state index contributed by atoms with van der Waals surface area (Å²) in [6.45, 7) is 9.05. The largest absolute Gasteiger partial charge is 0.507 e. The van der Waals surface area contributed by atoms with Crippen molar-refractivity contribution in [1.29, 1.82) is 0 Å². The lowest BCUT2D eigenvalue weighted by atomic mass is 9.95. The molecular formula is C33H44N2O7. The van der Waals surface area contributed by atoms with Gasteiger partial charge in [-0.25, -0.2) is 0 Å². The lowest BCUT2D eigenvalue weighted by Crippen LogP contribution is -2.42. The molecule has 2 aliphatic rings. The number of hydrogen-bond donors (Lipinski definition) is 1. The molecule has 0 radical (unpaired) electrons. The standard InChI is InChI=1S/C33H44N2O7/c1-4-6-8-19-42-27-13-12-24(23-28(27)39-3)30-29(31(36)25-10-9-11-26(22-25)41-18-7-5-2)32(37)33(38)35(30)15-14-34-16-20-40-21-17-34/h9-13,22-23,30,36H,4-8,14-21H2,1-3H3. The summed E-state index contributed by atoms with van der Waals surface area (Å²) in [6, 6.07) is 11.7. The Balaban J connectivity index is 1.70. The second-order valence-corrected chi connectivity index (χ2v) is 10.6. The topological polar surface area (TPSA) is 97.8 Å². The molecule has 2 aromatic rings. The van der Waals surface area contributed by atoms with Crippen LogP contribution in [-0.4, -0.2) is 86.3 Å². The molecule has 42 heavy (non-hydrogen) atoms. The van der Waals surface area contributed by atoms with Gasteiger partial charge >= 0.3 is 0 Å². The fourth-order valence-electron chi connectivity index (χ4n) is 5.26. The number of ether oxygens (including phenoxy) is 4. The second kappa shape index (κ2) is 15.6. The van der Waals surface area contributed by atoms with E-state index < -0.39 is 17.7 Å². The van der Waals surface area contributed by atoms with E-state index in [4.69, 9.17) is 18.9 Å². The molecule has 0 aliphatic carbocycles. The molecule has 4 rings (SSSR count). The van der Waals surface area contributed by atoms with Crippen LogP contribution in [0.2, 0.25) is 0 Å². The number of amides is 1. The van der Waals surface area contributed by atoms with E-state index in [1.54, 1.807) is 36.3 Å². The number of nitrogens with zero attached hydrogens (tertiary/aromatic N) is 2. The first-order valence-electron chi connectivity index (χ1n) is 15.1. The number of rotatable bonds is 15. The number of Topliss-reactive ketones (excluding diaryl/α,β-unsaturated/α-hetero) is 1. The number of likely N-dealkylation sites (tertiary alicyclic amines) is 1. The minimum absolute atomic E-state index is 0.0475. The normalized spacial score (nSPS) is 18.8. The molecule has 9 nitrogen and oxygen atoms in total. The summed E-state index contributed by atoms with van der Waals surface area (Å²) in [5.74, 6) is 0.122. The fraction of sp³-hybridized carbons (Fsp3) is 0.515. The summed E-state index contributed by atoms with van der Waals surface area (Å²) in [7, 11) is 1.57. The lowest BCUT2D eigenvalue weighted by molar-refractivity contribution is -0.140. The molecule has 1 N–H and O–H groups in total. The number of aliphatic hydroxyl groups is 1. The van der Waals surface area contributed by atoms with Gasteiger partial charge in [0.2, 0.25) is 0 Å². The molecule has 9 heteroatoms. The van der Waals surface area contributed by atoms with E-state index in [2.05, 4.69) is 18.7 Å². The van der Waals surface area contributed by atoms with Crippen LogP contribution < -0.4 is 14.2 Å². The van der Waals surface area contributed by atoms with Gasteiger partial charge in [-0.1, -0.05) is 51.3 Å². The summed E-state index contributed by atoms with van der Waals surface area (Å²) in [5, 5.41) is 11.6. The van der Waals surface area contributed by atoms with E-state index in [1.807, 2.05) is 18.2 Å². The quantitative estimate of drug-likeness (QED) is 0.133. The highest BCUT2D eigenvalue weighted by Crippen LogP contribution is 2.42. The van der Waals surface area contributed by atoms with Crippen molar-refractivity contribution >= 4 is 17.4 Å². The zero-order valence-corrected chi connectivity index (χ0v) is 25.1. The molecule has 2 heterocycles. The van der Waals surface area contributed by atoms with Crippen molar-refractivity contribution < 1.29 is 33.6 Å². The summed E-state index contributed by atoms with van der Waals surface area (Å²) in [5.41, 5.74) is 1.13. The maximum atomic E-state index is 13.6. The van der Waals surface area contributed by atoms with Crippen molar-refractivity contribution in [2.24, 2.45) is 0 Å². The van der Waals surface area contributed by atoms with Gasteiger partial charge in [0.15, 0.2) is 11.5 Å². The first-order valence-corrected chi connectivity index (χ1v) is 15.1. The van der Waals surface area contributed by atoms with Crippen molar-refractivity contribution in [3.63, 3.8) is 0 Å². The zero-order chi connectivity index (χ0) is 29.9. The van der Waals surface area contributed by atoms with Crippen LogP contribution in [0, 0.1) is 0 Å². The maximum Gasteiger partial charge on any atom is 0.295 e. The molecule has 0 spiro atoms. The van der Waals surface area contributed by atoms with Crippen molar-refractivity contribution in [2.75, 3.05) is 59.7 Å². The second-order valence-electron chi connectivity index (χ2n) is 10.6. The van der Waals surface area contributed by atoms with Gasteiger partial charge in [0.05, 0.1) is 45.2 Å². The Labute approximate surface area is 249 Å². The Morgan fingerprint density at radius 3 is 2.43 bits per heavy atom. The van der Waals surface area contributed by atoms with Crippen LogP contribution in [0.25, 0.3) is 5.76 Å². The minimum atomic E-state index is -0.793. The fourth-order valence-corrected chi connectivity index (χ4v) is 5.26. The van der Waals surface area contributed by atoms with Crippen molar-refractivity contribution in [1.82, 2.24) is 9.80 Å². The SMILES string of the molecule is CCCCCOc1ccc(C2C(=C(O)c3cccc(OCCCC)c3)C(=O)C(=O)N2CCN2CCOCC2)cc1OC. The van der Waals surface area contributed by atoms with Gasteiger partial charge in [0, 0.05) is 31.7 Å². The monoisotopic (exact) mass is 580 g/mol. The van der Waals surface area contributed by atoms with E-state index in [0.29, 0.717) is 67.9 Å². The Bertz CT molecular complexity index is 1240. The molecule has 1 unspecified atom stereocenters. The Kier molecular flexibility index (Phi) is 11.7. The van der Waals surface area contributed by atoms with Gasteiger partial charge in [-0.2, -0.15) is 0 Å². The van der Waals surface area contributed by atoms with Crippen LogP contribution in [0.15, 0.2) is 48.0 Å². The Morgan fingerprint density at radius 1 is 0.929 bits per heavy atom. The highest BCUT2D eigenvalue weighted by molar-refractivity contribution is 6.46. The van der Waals surface area contributed by atoms with Crippen molar-refractivity contribution in [2.45, 2.75) is 52.0 Å². The van der Waals surface area contributed by atoms with Crippen LogP contribution in [-0.2, 0) is 14.3 Å². The average molecular weight is 581 g/mol. The number of hydrogen-bond acceptors (Lipinski definition) is 8. The highest BCUT2D eigenvalue weighted by atomic mass is 16.5. The predicted octanol–water partition coefficient (Wildman–Crippen LogP) is 5.20. The predicted molar refractivity (Wildman–Crippen MR) is 161 cm³/mol. The van der Waals surface area contributed by atoms with Gasteiger partial charge in [0.25, 0.3) is 11.7 Å². The number of aliphatic hydroxyl groups excluding tert-OH is 1. The van der Waals surface area contributed by atoms with E-state index in [0.717, 1.165) is 45.2 Å². The highest BCUT2D eigenvalue weighted by Gasteiger charge is 2.46. The molecular weight excluding hydrogens is 536 g/mol. The van der Waals surface area contributed by atoms with Gasteiger partial charge < -0.3 is 29.0 Å². The van der Waals surface area contributed by atoms with Crippen LogP contribution in [0.5, 0.6) is 17.2 Å². The molecule has 1 amide bonds. The lowest BCUT2D eigenvalue weighted by Gasteiger charge is -2.31. The maximum absolute atomic E-state index is 13.6. The molecule has 2 saturated heterocycles. The van der Waals surface area contributed by atoms with E-state index in [9.17, 15) is 14.7 Å². The first kappa shape index (κ1) is 31.4. The molecule has 0 saturated carbocycles. The van der Waals surface area contributed by atoms with E-state index in [1.165, 1.54) is 0 Å². The number of benzene rings is 2. The molecule has 0 bridgehead atoms. The van der Waals surface area contributed by atoms with Gasteiger partial charge in [-0.05, 0) is 42.7 Å². The van der Waals surface area contributed by atoms with Crippen molar-refractivity contribution in [3.8, 4) is 17.2 Å². The van der Waals surface area contributed by atoms with Gasteiger partial charge in [0.1, 0.15) is 11.5 Å². The Morgan fingerprint density at radius 2 is 1.69 bits per heavy atom. The van der Waals surface area contributed by atoms with E-state index in [-0.39, 0.29) is 11.3 Å². The summed E-state index contributed by atoms with van der Waals surface area (Å²) in [4.78, 5) is 30.8. The number of morpholine rings is 1. The van der Waals surface area contributed by atoms with Gasteiger partial charge in [-0.15, -0.1) is 0 Å². The van der Waals surface area contributed by atoms with E-state index >= 15 is 0 Å². The van der Waals surface area contributed by atoms with Crippen LogP contribution in [0.1, 0.15) is 63.1 Å². The molecule has 2 aliphatic heterocycles. The third-order valence-electron chi connectivity index (χ3n) is 7.68. The first-order chi connectivity index (χ1) is 20.5. The number of ketones is 1. The van der Waals surface area contributed by atoms with Crippen LogP contribution >= 0.6 is 0 Å². The molecule has 228 valence electrons. The average Bonchev–Trinajstić information content (AvgIpc) is 3.27. The number of carbonyl (C=O) groups is 2. The molecule has 1 atom stereocenters. The zero-order valence-electron chi connectivity index (χ0n) is 25.1. The minimum Gasteiger partial charge on any atom is -0.507 e. The third kappa shape index (κ3) is 7.63. The number of unbranched alkanes of at least 4 members (excludes halogenated alkanes) is 3. The third-order valence-corrected chi connectivity index (χ3v) is 7.68. The summed E-state index contributed by atoms with van der Waals surface area (Å²) < 4.78 is 22.9. The van der Waals surface area contributed by atoms with Crippen LogP contribution in [0.3, 0.4) is 0 Å². The number of carbonyl (C=O) groups excluding carboxylic acids is 2. The van der Waals surface area contributed by atoms with Crippen molar-refractivity contribution in [3.05, 3.63) is 59.2 Å². The summed E-state index contributed by atoms with van der Waals surface area (Å²) >= 11 is 0. The molecule has 0 aromatic heterocycles. The summed E-state index contributed by atoms with van der Waals surface area (Å²) in [6.07, 6.45) is 5.01.